The first-order chi connectivity index (χ1) is 7.86. The molecule has 0 fully saturated rings. The Labute approximate surface area is 104 Å². The molecule has 0 spiro atoms. The summed E-state index contributed by atoms with van der Waals surface area (Å²) < 4.78 is 6.38. The van der Waals surface area contributed by atoms with E-state index in [-0.39, 0.29) is 5.97 Å². The van der Waals surface area contributed by atoms with Crippen LogP contribution in [-0.4, -0.2) is 11.0 Å². The van der Waals surface area contributed by atoms with Gasteiger partial charge in [0.2, 0.25) is 0 Å². The molecule has 0 aliphatic heterocycles. The Bertz CT molecular complexity index is 566. The monoisotopic (exact) mass is 249 g/mol. The molecule has 2 aromatic rings. The second-order valence-electron chi connectivity index (χ2n) is 5.00. The van der Waals surface area contributed by atoms with Gasteiger partial charge < -0.3 is 4.74 Å². The van der Waals surface area contributed by atoms with Crippen LogP contribution in [0.3, 0.4) is 0 Å². The average molecular weight is 249 g/mol. The van der Waals surface area contributed by atoms with Crippen molar-refractivity contribution in [3.8, 4) is 5.75 Å². The smallest absolute Gasteiger partial charge is 0.316 e. The highest BCUT2D eigenvalue weighted by Gasteiger charge is 2.23. The van der Waals surface area contributed by atoms with Gasteiger partial charge in [-0.2, -0.15) is 0 Å². The first-order valence-corrected chi connectivity index (χ1v) is 6.27. The molecule has 0 N–H and O–H groups in total. The lowest BCUT2D eigenvalue weighted by Gasteiger charge is -2.16. The van der Waals surface area contributed by atoms with E-state index < -0.39 is 5.41 Å². The van der Waals surface area contributed by atoms with Gasteiger partial charge in [0.1, 0.15) is 5.75 Å². The first kappa shape index (κ1) is 12.0. The Kier molecular flexibility index (Phi) is 2.91. The third kappa shape index (κ3) is 2.64. The van der Waals surface area contributed by atoms with Crippen LogP contribution in [0.2, 0.25) is 0 Å². The van der Waals surface area contributed by atoms with Crippen LogP contribution in [0.15, 0.2) is 18.2 Å². The number of carbonyl (C=O) groups is 1. The number of ether oxygens (including phenoxy) is 1. The van der Waals surface area contributed by atoms with Gasteiger partial charge in [0, 0.05) is 6.07 Å². The Hall–Kier alpha value is -1.42. The highest BCUT2D eigenvalue weighted by Crippen LogP contribution is 2.27. The van der Waals surface area contributed by atoms with Crippen LogP contribution in [0.4, 0.5) is 0 Å². The molecule has 0 unspecified atom stereocenters. The summed E-state index contributed by atoms with van der Waals surface area (Å²) in [5, 5.41) is 1.01. The summed E-state index contributed by atoms with van der Waals surface area (Å²) >= 11 is 1.60. The second-order valence-corrected chi connectivity index (χ2v) is 6.24. The number of nitrogens with zero attached hydrogens (tertiary/aromatic N) is 1. The number of carbonyl (C=O) groups excluding carboxylic acids is 1. The molecule has 0 radical (unpaired) electrons. The zero-order valence-electron chi connectivity index (χ0n) is 10.4. The maximum absolute atomic E-state index is 11.7. The summed E-state index contributed by atoms with van der Waals surface area (Å²) in [5.74, 6) is 0.360. The van der Waals surface area contributed by atoms with E-state index in [2.05, 4.69) is 4.98 Å². The maximum Gasteiger partial charge on any atom is 0.316 e. The van der Waals surface area contributed by atoms with Crippen molar-refractivity contribution in [2.75, 3.05) is 0 Å². The van der Waals surface area contributed by atoms with Crippen LogP contribution >= 0.6 is 11.3 Å². The van der Waals surface area contributed by atoms with E-state index in [1.165, 1.54) is 0 Å². The van der Waals surface area contributed by atoms with Gasteiger partial charge in [-0.3, -0.25) is 4.79 Å². The molecule has 0 saturated carbocycles. The molecule has 0 atom stereocenters. The molecule has 2 rings (SSSR count). The number of aromatic nitrogens is 1. The fourth-order valence-electron chi connectivity index (χ4n) is 1.34. The second kappa shape index (κ2) is 4.11. The minimum Gasteiger partial charge on any atom is -0.426 e. The van der Waals surface area contributed by atoms with Gasteiger partial charge in [0.25, 0.3) is 0 Å². The van der Waals surface area contributed by atoms with E-state index in [1.54, 1.807) is 17.4 Å². The summed E-state index contributed by atoms with van der Waals surface area (Å²) in [6.45, 7) is 7.48. The maximum atomic E-state index is 11.7. The third-order valence-electron chi connectivity index (χ3n) is 2.29. The van der Waals surface area contributed by atoms with Crippen LogP contribution in [0, 0.1) is 12.3 Å². The Morgan fingerprint density at radius 2 is 2.06 bits per heavy atom. The number of thiazole rings is 1. The normalized spacial score (nSPS) is 11.8. The van der Waals surface area contributed by atoms with E-state index >= 15 is 0 Å². The molecule has 90 valence electrons. The van der Waals surface area contributed by atoms with Crippen molar-refractivity contribution in [1.82, 2.24) is 4.98 Å². The molecule has 3 nitrogen and oxygen atoms in total. The zero-order valence-corrected chi connectivity index (χ0v) is 11.2. The molecule has 4 heteroatoms. The topological polar surface area (TPSA) is 39.2 Å². The Balaban J connectivity index is 2.28. The van der Waals surface area contributed by atoms with Gasteiger partial charge in [-0.15, -0.1) is 11.3 Å². The largest absolute Gasteiger partial charge is 0.426 e. The van der Waals surface area contributed by atoms with E-state index in [1.807, 2.05) is 39.8 Å². The predicted octanol–water partition coefficient (Wildman–Crippen LogP) is 3.56. The number of fused-ring (bicyclic) bond motifs is 1. The molecule has 0 saturated heterocycles. The standard InChI is InChI=1S/C13H15NO2S/c1-8-14-10-6-5-9(7-11(10)17-8)16-12(15)13(2,3)4/h5-7H,1-4H3. The van der Waals surface area contributed by atoms with E-state index in [9.17, 15) is 4.79 Å². The van der Waals surface area contributed by atoms with Crippen molar-refractivity contribution >= 4 is 27.5 Å². The van der Waals surface area contributed by atoms with Crippen molar-refractivity contribution in [3.63, 3.8) is 0 Å². The van der Waals surface area contributed by atoms with Crippen LogP contribution in [0.5, 0.6) is 5.75 Å². The molecule has 0 aliphatic rings. The van der Waals surface area contributed by atoms with Gasteiger partial charge in [0.15, 0.2) is 0 Å². The third-order valence-corrected chi connectivity index (χ3v) is 3.22. The van der Waals surface area contributed by atoms with Crippen molar-refractivity contribution in [1.29, 1.82) is 0 Å². The summed E-state index contributed by atoms with van der Waals surface area (Å²) in [4.78, 5) is 16.1. The first-order valence-electron chi connectivity index (χ1n) is 5.46. The van der Waals surface area contributed by atoms with Gasteiger partial charge >= 0.3 is 5.97 Å². The SMILES string of the molecule is Cc1nc2ccc(OC(=O)C(C)(C)C)cc2s1. The minimum atomic E-state index is -0.488. The lowest BCUT2D eigenvalue weighted by Crippen LogP contribution is -2.25. The Morgan fingerprint density at radius 3 is 2.71 bits per heavy atom. The molecule has 17 heavy (non-hydrogen) atoms. The van der Waals surface area contributed by atoms with Crippen LogP contribution < -0.4 is 4.74 Å². The number of aryl methyl sites for hydroxylation is 1. The highest BCUT2D eigenvalue weighted by atomic mass is 32.1. The molecule has 0 bridgehead atoms. The van der Waals surface area contributed by atoms with Crippen molar-refractivity contribution in [2.24, 2.45) is 5.41 Å². The fraction of sp³-hybridized carbons (Fsp3) is 0.385. The lowest BCUT2D eigenvalue weighted by atomic mass is 9.97. The molecule has 1 aromatic carbocycles. The fourth-order valence-corrected chi connectivity index (χ4v) is 2.20. The molecule has 0 amide bonds. The lowest BCUT2D eigenvalue weighted by molar-refractivity contribution is -0.142. The molecular formula is C13H15NO2S. The minimum absolute atomic E-state index is 0.224. The van der Waals surface area contributed by atoms with Gasteiger partial charge in [-0.05, 0) is 39.8 Å². The van der Waals surface area contributed by atoms with Crippen LogP contribution in [0.1, 0.15) is 25.8 Å². The summed E-state index contributed by atoms with van der Waals surface area (Å²) in [5.41, 5.74) is 0.460. The quantitative estimate of drug-likeness (QED) is 0.573. The van der Waals surface area contributed by atoms with Crippen molar-refractivity contribution in [3.05, 3.63) is 23.2 Å². The molecule has 1 heterocycles. The molecule has 1 aromatic heterocycles. The molecular weight excluding hydrogens is 234 g/mol. The summed E-state index contributed by atoms with van der Waals surface area (Å²) in [6, 6.07) is 5.53. The Morgan fingerprint density at radius 1 is 1.35 bits per heavy atom. The predicted molar refractivity (Wildman–Crippen MR) is 69.4 cm³/mol. The molecule has 0 aliphatic carbocycles. The van der Waals surface area contributed by atoms with E-state index in [0.29, 0.717) is 5.75 Å². The number of rotatable bonds is 1. The number of esters is 1. The van der Waals surface area contributed by atoms with Gasteiger partial charge in [0.05, 0.1) is 20.6 Å². The number of hydrogen-bond acceptors (Lipinski definition) is 4. The zero-order chi connectivity index (χ0) is 12.6. The summed E-state index contributed by atoms with van der Waals surface area (Å²) in [7, 11) is 0. The average Bonchev–Trinajstić information content (AvgIpc) is 2.55. The van der Waals surface area contributed by atoms with Gasteiger partial charge in [-0.25, -0.2) is 4.98 Å². The van der Waals surface area contributed by atoms with E-state index in [0.717, 1.165) is 15.2 Å². The van der Waals surface area contributed by atoms with Crippen LogP contribution in [0.25, 0.3) is 10.2 Å². The van der Waals surface area contributed by atoms with Gasteiger partial charge in [-0.1, -0.05) is 0 Å². The number of hydrogen-bond donors (Lipinski definition) is 0. The van der Waals surface area contributed by atoms with Crippen LogP contribution in [-0.2, 0) is 4.79 Å². The number of benzene rings is 1. The highest BCUT2D eigenvalue weighted by molar-refractivity contribution is 7.18. The summed E-state index contributed by atoms with van der Waals surface area (Å²) in [6.07, 6.45) is 0. The van der Waals surface area contributed by atoms with Crippen molar-refractivity contribution in [2.45, 2.75) is 27.7 Å². The van der Waals surface area contributed by atoms with Crippen molar-refractivity contribution < 1.29 is 9.53 Å². The van der Waals surface area contributed by atoms with E-state index in [4.69, 9.17) is 4.74 Å².